The fourth-order valence-corrected chi connectivity index (χ4v) is 6.98. The van der Waals surface area contributed by atoms with Gasteiger partial charge in [-0.2, -0.15) is 10.4 Å². The summed E-state index contributed by atoms with van der Waals surface area (Å²) in [6.45, 7) is 1.44. The molecule has 2 aromatic heterocycles. The molecule has 4 nitrogen and oxygen atoms in total. The van der Waals surface area contributed by atoms with Crippen molar-refractivity contribution in [3.05, 3.63) is 53.2 Å². The van der Waals surface area contributed by atoms with E-state index < -0.39 is 6.67 Å². The standard InChI is InChI=1S/C26H27FN4/c1-16-23(15-28)24-9-22(21-4-2-17(14-27)3-5-21)10-25(31(24)30-16)29-26-11-18-6-19(12-26)8-20(7-18)13-26/h2-5,9-10,18-20,29H,6-8,11-14H2,1H3. The van der Waals surface area contributed by atoms with Gasteiger partial charge in [-0.15, -0.1) is 0 Å². The molecule has 4 bridgehead atoms. The highest BCUT2D eigenvalue weighted by Crippen LogP contribution is 2.56. The lowest BCUT2D eigenvalue weighted by Gasteiger charge is -2.57. The van der Waals surface area contributed by atoms with Gasteiger partial charge in [-0.05, 0) is 92.0 Å². The summed E-state index contributed by atoms with van der Waals surface area (Å²) in [5, 5.41) is 18.4. The first-order chi connectivity index (χ1) is 15.1. The molecule has 7 rings (SSSR count). The van der Waals surface area contributed by atoms with Gasteiger partial charge in [0.05, 0.1) is 11.2 Å². The number of anilines is 1. The molecule has 4 saturated carbocycles. The highest BCUT2D eigenvalue weighted by Gasteiger charge is 2.51. The summed E-state index contributed by atoms with van der Waals surface area (Å²) in [4.78, 5) is 0. The zero-order valence-electron chi connectivity index (χ0n) is 17.9. The first-order valence-corrected chi connectivity index (χ1v) is 11.4. The summed E-state index contributed by atoms with van der Waals surface area (Å²) in [5.41, 5.74) is 5.08. The number of nitrogens with one attached hydrogen (secondary N) is 1. The average molecular weight is 415 g/mol. The van der Waals surface area contributed by atoms with Crippen LogP contribution in [0, 0.1) is 36.0 Å². The molecule has 4 fully saturated rings. The Balaban J connectivity index is 1.47. The van der Waals surface area contributed by atoms with Crippen LogP contribution in [-0.4, -0.2) is 15.2 Å². The number of nitriles is 1. The van der Waals surface area contributed by atoms with Crippen LogP contribution in [0.2, 0.25) is 0 Å². The monoisotopic (exact) mass is 414 g/mol. The molecule has 5 heteroatoms. The fourth-order valence-electron chi connectivity index (χ4n) is 6.98. The summed E-state index contributed by atoms with van der Waals surface area (Å²) < 4.78 is 14.9. The Hall–Kier alpha value is -2.87. The average Bonchev–Trinajstić information content (AvgIpc) is 3.08. The molecule has 2 heterocycles. The van der Waals surface area contributed by atoms with Crippen molar-refractivity contribution >= 4 is 11.3 Å². The zero-order valence-corrected chi connectivity index (χ0v) is 17.9. The van der Waals surface area contributed by atoms with E-state index in [2.05, 4.69) is 17.5 Å². The highest BCUT2D eigenvalue weighted by molar-refractivity contribution is 5.77. The lowest BCUT2D eigenvalue weighted by atomic mass is 9.53. The number of halogens is 1. The lowest BCUT2D eigenvalue weighted by molar-refractivity contribution is 0.0104. The molecule has 0 unspecified atom stereocenters. The summed E-state index contributed by atoms with van der Waals surface area (Å²) in [6.07, 6.45) is 7.91. The van der Waals surface area contributed by atoms with Gasteiger partial charge in [-0.1, -0.05) is 24.3 Å². The van der Waals surface area contributed by atoms with Gasteiger partial charge in [0.15, 0.2) is 0 Å². The predicted molar refractivity (Wildman–Crippen MR) is 119 cm³/mol. The molecule has 1 aromatic carbocycles. The van der Waals surface area contributed by atoms with Crippen molar-refractivity contribution < 1.29 is 4.39 Å². The van der Waals surface area contributed by atoms with Crippen LogP contribution in [0.25, 0.3) is 16.6 Å². The third-order valence-electron chi connectivity index (χ3n) is 7.89. The van der Waals surface area contributed by atoms with E-state index in [9.17, 15) is 9.65 Å². The van der Waals surface area contributed by atoms with E-state index in [-0.39, 0.29) is 5.54 Å². The summed E-state index contributed by atoms with van der Waals surface area (Å²) in [5.74, 6) is 3.51. The third kappa shape index (κ3) is 3.04. The van der Waals surface area contributed by atoms with E-state index in [1.165, 1.54) is 38.5 Å². The summed E-state index contributed by atoms with van der Waals surface area (Å²) >= 11 is 0. The highest BCUT2D eigenvalue weighted by atomic mass is 19.1. The number of hydrogen-bond donors (Lipinski definition) is 1. The summed E-state index contributed by atoms with van der Waals surface area (Å²) in [6, 6.07) is 14.1. The Labute approximate surface area is 182 Å². The Bertz CT molecular complexity index is 1170. The van der Waals surface area contributed by atoms with Crippen molar-refractivity contribution in [3.63, 3.8) is 0 Å². The Morgan fingerprint density at radius 1 is 1.06 bits per heavy atom. The molecular formula is C26H27FN4. The van der Waals surface area contributed by atoms with Gasteiger partial charge in [0, 0.05) is 5.54 Å². The zero-order chi connectivity index (χ0) is 21.2. The predicted octanol–water partition coefficient (Wildman–Crippen LogP) is 6.03. The first-order valence-electron chi connectivity index (χ1n) is 11.4. The van der Waals surface area contributed by atoms with E-state index in [0.717, 1.165) is 45.9 Å². The van der Waals surface area contributed by atoms with Gasteiger partial charge in [0.1, 0.15) is 24.1 Å². The molecule has 4 aliphatic carbocycles. The van der Waals surface area contributed by atoms with E-state index in [1.807, 2.05) is 41.8 Å². The third-order valence-corrected chi connectivity index (χ3v) is 7.89. The number of aryl methyl sites for hydroxylation is 1. The second-order valence-electron chi connectivity index (χ2n) is 10.2. The van der Waals surface area contributed by atoms with Gasteiger partial charge < -0.3 is 5.32 Å². The molecule has 0 aliphatic heterocycles. The number of alkyl halides is 1. The Kier molecular flexibility index (Phi) is 4.15. The van der Waals surface area contributed by atoms with Gasteiger partial charge in [-0.25, -0.2) is 8.91 Å². The smallest absolute Gasteiger partial charge is 0.129 e. The van der Waals surface area contributed by atoms with Crippen LogP contribution in [-0.2, 0) is 6.67 Å². The largest absolute Gasteiger partial charge is 0.365 e. The van der Waals surface area contributed by atoms with Gasteiger partial charge >= 0.3 is 0 Å². The van der Waals surface area contributed by atoms with Gasteiger partial charge in [0.2, 0.25) is 0 Å². The molecule has 31 heavy (non-hydrogen) atoms. The number of nitrogens with zero attached hydrogens (tertiary/aromatic N) is 3. The number of hydrogen-bond acceptors (Lipinski definition) is 3. The second kappa shape index (κ2) is 6.82. The van der Waals surface area contributed by atoms with Gasteiger partial charge in [0.25, 0.3) is 0 Å². The molecule has 3 aromatic rings. The molecule has 0 radical (unpaired) electrons. The molecule has 0 spiro atoms. The number of benzene rings is 1. The minimum atomic E-state index is -0.460. The lowest BCUT2D eigenvalue weighted by Crippen LogP contribution is -2.55. The van der Waals surface area contributed by atoms with Crippen molar-refractivity contribution in [2.45, 2.75) is 57.7 Å². The first kappa shape index (κ1) is 18.9. The van der Waals surface area contributed by atoms with Crippen molar-refractivity contribution in [2.75, 3.05) is 5.32 Å². The minimum absolute atomic E-state index is 0.144. The maximum atomic E-state index is 13.0. The Morgan fingerprint density at radius 3 is 2.29 bits per heavy atom. The molecule has 0 amide bonds. The molecule has 0 atom stereocenters. The fraction of sp³-hybridized carbons (Fsp3) is 0.462. The van der Waals surface area contributed by atoms with Crippen LogP contribution in [0.15, 0.2) is 36.4 Å². The maximum absolute atomic E-state index is 13.0. The second-order valence-corrected chi connectivity index (χ2v) is 10.2. The quantitative estimate of drug-likeness (QED) is 0.567. The van der Waals surface area contributed by atoms with Crippen LogP contribution in [0.4, 0.5) is 10.2 Å². The molecular weight excluding hydrogens is 387 g/mol. The van der Waals surface area contributed by atoms with Crippen molar-refractivity contribution in [1.29, 1.82) is 5.26 Å². The molecule has 4 aliphatic rings. The van der Waals surface area contributed by atoms with Crippen molar-refractivity contribution in [2.24, 2.45) is 17.8 Å². The van der Waals surface area contributed by atoms with Crippen molar-refractivity contribution in [3.8, 4) is 17.2 Å². The topological polar surface area (TPSA) is 53.1 Å². The van der Waals surface area contributed by atoms with Crippen LogP contribution in [0.5, 0.6) is 0 Å². The molecule has 1 N–H and O–H groups in total. The number of rotatable bonds is 4. The van der Waals surface area contributed by atoms with E-state index in [1.54, 1.807) is 0 Å². The van der Waals surface area contributed by atoms with Crippen molar-refractivity contribution in [1.82, 2.24) is 9.61 Å². The minimum Gasteiger partial charge on any atom is -0.365 e. The number of fused-ring (bicyclic) bond motifs is 1. The van der Waals surface area contributed by atoms with E-state index >= 15 is 0 Å². The van der Waals surface area contributed by atoms with E-state index in [0.29, 0.717) is 11.1 Å². The SMILES string of the molecule is Cc1nn2c(NC34CC5CC(CC(C5)C3)C4)cc(-c3ccc(CF)cc3)cc2c1C#N. The molecule has 0 saturated heterocycles. The number of aromatic nitrogens is 2. The maximum Gasteiger partial charge on any atom is 0.129 e. The van der Waals surface area contributed by atoms with Gasteiger partial charge in [-0.3, -0.25) is 0 Å². The summed E-state index contributed by atoms with van der Waals surface area (Å²) in [7, 11) is 0. The van der Waals surface area contributed by atoms with Crippen LogP contribution in [0.1, 0.15) is 55.3 Å². The Morgan fingerprint density at radius 2 is 1.71 bits per heavy atom. The van der Waals surface area contributed by atoms with Crippen LogP contribution >= 0.6 is 0 Å². The van der Waals surface area contributed by atoms with E-state index in [4.69, 9.17) is 5.10 Å². The normalized spacial score (nSPS) is 28.7. The van der Waals surface area contributed by atoms with Crippen LogP contribution < -0.4 is 5.32 Å². The molecule has 158 valence electrons. The number of pyridine rings is 1. The van der Waals surface area contributed by atoms with Crippen LogP contribution in [0.3, 0.4) is 0 Å².